The van der Waals surface area contributed by atoms with Crippen molar-refractivity contribution in [2.24, 2.45) is 0 Å². The number of benzene rings is 1. The molecule has 0 aliphatic carbocycles. The van der Waals surface area contributed by atoms with Crippen molar-refractivity contribution < 1.29 is 19.4 Å². The maximum atomic E-state index is 12.5. The standard InChI is InChI=1S/C17H18N2O4S/c1-10(12-7-5-9-23-12)19(2)17(22)15(21)14(20)16-18-11-6-3-4-8-13(11)24-16/h3-10,14-15,20-21H,1-2H3/t10-,14+,15-/m1/s1. The van der Waals surface area contributed by atoms with E-state index in [2.05, 4.69) is 4.98 Å². The lowest BCUT2D eigenvalue weighted by Crippen LogP contribution is -2.41. The zero-order valence-electron chi connectivity index (χ0n) is 13.3. The highest BCUT2D eigenvalue weighted by molar-refractivity contribution is 7.18. The fourth-order valence-corrected chi connectivity index (χ4v) is 3.39. The first-order chi connectivity index (χ1) is 11.5. The van der Waals surface area contributed by atoms with Gasteiger partial charge in [0.15, 0.2) is 6.10 Å². The summed E-state index contributed by atoms with van der Waals surface area (Å²) >= 11 is 1.26. The Labute approximate surface area is 143 Å². The Morgan fingerprint density at radius 2 is 2.00 bits per heavy atom. The molecule has 2 N–H and O–H groups in total. The van der Waals surface area contributed by atoms with Gasteiger partial charge in [-0.3, -0.25) is 4.79 Å². The van der Waals surface area contributed by atoms with Crippen LogP contribution in [0.1, 0.15) is 29.8 Å². The fraction of sp³-hybridized carbons (Fsp3) is 0.294. The van der Waals surface area contributed by atoms with Gasteiger partial charge in [-0.25, -0.2) is 4.98 Å². The van der Waals surface area contributed by atoms with Gasteiger partial charge in [-0.05, 0) is 31.2 Å². The topological polar surface area (TPSA) is 86.8 Å². The third-order valence-corrected chi connectivity index (χ3v) is 5.11. The number of carbonyl (C=O) groups excluding carboxylic acids is 1. The fourth-order valence-electron chi connectivity index (χ4n) is 2.41. The van der Waals surface area contributed by atoms with Crippen molar-refractivity contribution in [2.75, 3.05) is 7.05 Å². The van der Waals surface area contributed by atoms with Gasteiger partial charge < -0.3 is 19.5 Å². The predicted molar refractivity (Wildman–Crippen MR) is 90.5 cm³/mol. The third kappa shape index (κ3) is 3.06. The minimum absolute atomic E-state index is 0.316. The number of furan rings is 1. The Kier molecular flexibility index (Phi) is 4.66. The Morgan fingerprint density at radius 1 is 1.25 bits per heavy atom. The molecule has 1 aromatic carbocycles. The smallest absolute Gasteiger partial charge is 0.254 e. The van der Waals surface area contributed by atoms with E-state index in [9.17, 15) is 15.0 Å². The zero-order valence-corrected chi connectivity index (χ0v) is 14.1. The molecule has 0 fully saturated rings. The van der Waals surface area contributed by atoms with E-state index < -0.39 is 18.1 Å². The van der Waals surface area contributed by atoms with Gasteiger partial charge in [0.2, 0.25) is 0 Å². The van der Waals surface area contributed by atoms with E-state index in [-0.39, 0.29) is 6.04 Å². The average Bonchev–Trinajstić information content (AvgIpc) is 3.27. The highest BCUT2D eigenvalue weighted by Gasteiger charge is 2.33. The number of fused-ring (bicyclic) bond motifs is 1. The number of likely N-dealkylation sites (N-methyl/N-ethyl adjacent to an activating group) is 1. The van der Waals surface area contributed by atoms with Gasteiger partial charge in [0.1, 0.15) is 16.9 Å². The Balaban J connectivity index is 1.76. The lowest BCUT2D eigenvalue weighted by atomic mass is 10.1. The molecule has 1 amide bonds. The number of hydrogen-bond donors (Lipinski definition) is 2. The zero-order chi connectivity index (χ0) is 17.3. The first-order valence-electron chi connectivity index (χ1n) is 7.50. The van der Waals surface area contributed by atoms with Crippen molar-refractivity contribution in [1.82, 2.24) is 9.88 Å². The number of carbonyl (C=O) groups is 1. The number of thiazole rings is 1. The average molecular weight is 346 g/mol. The van der Waals surface area contributed by atoms with Crippen LogP contribution in [0.4, 0.5) is 0 Å². The molecule has 0 aliphatic heterocycles. The Bertz CT molecular complexity index is 797. The van der Waals surface area contributed by atoms with Gasteiger partial charge in [0, 0.05) is 7.05 Å². The van der Waals surface area contributed by atoms with Crippen molar-refractivity contribution in [3.8, 4) is 0 Å². The van der Waals surface area contributed by atoms with Crippen molar-refractivity contribution in [3.63, 3.8) is 0 Å². The third-order valence-electron chi connectivity index (χ3n) is 4.00. The number of para-hydroxylation sites is 1. The second-order valence-electron chi connectivity index (χ2n) is 5.55. The highest BCUT2D eigenvalue weighted by atomic mass is 32.1. The van der Waals surface area contributed by atoms with Crippen molar-refractivity contribution in [2.45, 2.75) is 25.2 Å². The summed E-state index contributed by atoms with van der Waals surface area (Å²) in [5.74, 6) is 0.0122. The number of aliphatic hydroxyl groups is 2. The van der Waals surface area contributed by atoms with E-state index in [1.54, 1.807) is 26.1 Å². The van der Waals surface area contributed by atoms with Crippen LogP contribution in [0.5, 0.6) is 0 Å². The summed E-state index contributed by atoms with van der Waals surface area (Å²) in [7, 11) is 1.56. The highest BCUT2D eigenvalue weighted by Crippen LogP contribution is 2.29. The lowest BCUT2D eigenvalue weighted by molar-refractivity contribution is -0.147. The minimum atomic E-state index is -1.59. The molecule has 3 aromatic rings. The summed E-state index contributed by atoms with van der Waals surface area (Å²) in [4.78, 5) is 18.1. The molecule has 0 bridgehead atoms. The molecule has 2 aromatic heterocycles. The molecule has 7 heteroatoms. The summed E-state index contributed by atoms with van der Waals surface area (Å²) in [6.45, 7) is 1.79. The van der Waals surface area contributed by atoms with E-state index >= 15 is 0 Å². The summed E-state index contributed by atoms with van der Waals surface area (Å²) in [5.41, 5.74) is 0.730. The SMILES string of the molecule is C[C@H](c1ccco1)N(C)C(=O)[C@H](O)[C@H](O)c1nc2ccccc2s1. The molecule has 3 atom stereocenters. The van der Waals surface area contributed by atoms with Crippen LogP contribution in [0.2, 0.25) is 0 Å². The van der Waals surface area contributed by atoms with Gasteiger partial charge in [-0.1, -0.05) is 12.1 Å². The van der Waals surface area contributed by atoms with E-state index in [0.29, 0.717) is 10.8 Å². The molecular weight excluding hydrogens is 328 g/mol. The molecule has 0 saturated heterocycles. The van der Waals surface area contributed by atoms with Crippen LogP contribution >= 0.6 is 11.3 Å². The van der Waals surface area contributed by atoms with Crippen LogP contribution in [0, 0.1) is 0 Å². The number of aliphatic hydroxyl groups excluding tert-OH is 2. The Hall–Kier alpha value is -2.22. The molecule has 24 heavy (non-hydrogen) atoms. The molecule has 0 unspecified atom stereocenters. The molecule has 0 radical (unpaired) electrons. The van der Waals surface area contributed by atoms with Gasteiger partial charge in [0.25, 0.3) is 5.91 Å². The predicted octanol–water partition coefficient (Wildman–Crippen LogP) is 2.50. The second-order valence-corrected chi connectivity index (χ2v) is 6.61. The molecule has 0 spiro atoms. The number of hydrogen-bond acceptors (Lipinski definition) is 6. The maximum absolute atomic E-state index is 12.5. The minimum Gasteiger partial charge on any atom is -0.467 e. The molecule has 3 rings (SSSR count). The van der Waals surface area contributed by atoms with Gasteiger partial charge in [0.05, 0.1) is 22.5 Å². The molecule has 0 saturated carbocycles. The van der Waals surface area contributed by atoms with Crippen molar-refractivity contribution in [1.29, 1.82) is 0 Å². The van der Waals surface area contributed by atoms with Gasteiger partial charge in [-0.2, -0.15) is 0 Å². The number of rotatable bonds is 5. The monoisotopic (exact) mass is 346 g/mol. The van der Waals surface area contributed by atoms with Crippen molar-refractivity contribution >= 4 is 27.5 Å². The summed E-state index contributed by atoms with van der Waals surface area (Å²) < 4.78 is 6.18. The van der Waals surface area contributed by atoms with E-state index in [1.165, 1.54) is 22.5 Å². The lowest BCUT2D eigenvalue weighted by Gasteiger charge is -2.27. The van der Waals surface area contributed by atoms with Gasteiger partial charge in [-0.15, -0.1) is 11.3 Å². The first kappa shape index (κ1) is 16.6. The first-order valence-corrected chi connectivity index (χ1v) is 8.32. The van der Waals surface area contributed by atoms with Crippen LogP contribution in [-0.4, -0.2) is 39.2 Å². The van der Waals surface area contributed by atoms with Crippen LogP contribution < -0.4 is 0 Å². The summed E-state index contributed by atoms with van der Waals surface area (Å²) in [6.07, 6.45) is -1.44. The Morgan fingerprint density at radius 3 is 2.67 bits per heavy atom. The second kappa shape index (κ2) is 6.72. The van der Waals surface area contributed by atoms with Crippen molar-refractivity contribution in [3.05, 3.63) is 53.4 Å². The van der Waals surface area contributed by atoms with E-state index in [4.69, 9.17) is 4.42 Å². The maximum Gasteiger partial charge on any atom is 0.254 e. The van der Waals surface area contributed by atoms with E-state index in [1.807, 2.05) is 24.3 Å². The molecular formula is C17H18N2O4S. The molecule has 6 nitrogen and oxygen atoms in total. The summed E-state index contributed by atoms with van der Waals surface area (Å²) in [6, 6.07) is 10.5. The molecule has 2 heterocycles. The molecule has 0 aliphatic rings. The number of aromatic nitrogens is 1. The van der Waals surface area contributed by atoms with Crippen LogP contribution in [0.15, 0.2) is 47.1 Å². The molecule has 126 valence electrons. The number of amides is 1. The number of nitrogens with zero attached hydrogens (tertiary/aromatic N) is 2. The van der Waals surface area contributed by atoms with Crippen LogP contribution in [0.25, 0.3) is 10.2 Å². The van der Waals surface area contributed by atoms with Gasteiger partial charge >= 0.3 is 0 Å². The quantitative estimate of drug-likeness (QED) is 0.741. The van der Waals surface area contributed by atoms with Crippen LogP contribution in [-0.2, 0) is 4.79 Å². The largest absolute Gasteiger partial charge is 0.467 e. The van der Waals surface area contributed by atoms with E-state index in [0.717, 1.165) is 10.2 Å². The summed E-state index contributed by atoms with van der Waals surface area (Å²) in [5, 5.41) is 20.9. The normalized spacial score (nSPS) is 15.2. The van der Waals surface area contributed by atoms with Crippen LogP contribution in [0.3, 0.4) is 0 Å².